The van der Waals surface area contributed by atoms with E-state index in [1.54, 1.807) is 12.1 Å². The lowest BCUT2D eigenvalue weighted by Crippen LogP contribution is -2.27. The van der Waals surface area contributed by atoms with Crippen LogP contribution in [0.4, 0.5) is 11.4 Å². The van der Waals surface area contributed by atoms with E-state index >= 15 is 0 Å². The second-order valence-electron chi connectivity index (χ2n) is 4.47. The maximum atomic E-state index is 11.0. The SMILES string of the molecule is CCCOc1cc(N(CCC)CCO)ccc1[N+](=O)[O-]. The van der Waals surface area contributed by atoms with Crippen LogP contribution in [0.5, 0.6) is 5.75 Å². The van der Waals surface area contributed by atoms with Gasteiger partial charge in [0.05, 0.1) is 18.1 Å². The van der Waals surface area contributed by atoms with Crippen LogP contribution in [0.1, 0.15) is 26.7 Å². The van der Waals surface area contributed by atoms with E-state index in [0.29, 0.717) is 13.2 Å². The first-order chi connectivity index (χ1) is 9.63. The number of nitrogens with zero attached hydrogens (tertiary/aromatic N) is 2. The van der Waals surface area contributed by atoms with E-state index < -0.39 is 4.92 Å². The highest BCUT2D eigenvalue weighted by atomic mass is 16.6. The predicted molar refractivity (Wildman–Crippen MR) is 78.5 cm³/mol. The minimum atomic E-state index is -0.440. The van der Waals surface area contributed by atoms with Crippen molar-refractivity contribution in [1.29, 1.82) is 0 Å². The number of nitro benzene ring substituents is 1. The van der Waals surface area contributed by atoms with Gasteiger partial charge in [0.2, 0.25) is 0 Å². The van der Waals surface area contributed by atoms with Crippen molar-refractivity contribution in [3.05, 3.63) is 28.3 Å². The lowest BCUT2D eigenvalue weighted by molar-refractivity contribution is -0.385. The summed E-state index contributed by atoms with van der Waals surface area (Å²) in [6, 6.07) is 4.84. The quantitative estimate of drug-likeness (QED) is 0.556. The van der Waals surface area contributed by atoms with Crippen LogP contribution < -0.4 is 9.64 Å². The fourth-order valence-electron chi connectivity index (χ4n) is 1.94. The first-order valence-electron chi connectivity index (χ1n) is 6.91. The van der Waals surface area contributed by atoms with Crippen molar-refractivity contribution in [1.82, 2.24) is 0 Å². The number of rotatable bonds is 9. The molecule has 6 nitrogen and oxygen atoms in total. The van der Waals surface area contributed by atoms with Crippen LogP contribution in [0, 0.1) is 10.1 Å². The van der Waals surface area contributed by atoms with Gasteiger partial charge < -0.3 is 14.7 Å². The van der Waals surface area contributed by atoms with Crippen molar-refractivity contribution < 1.29 is 14.8 Å². The molecule has 0 unspecified atom stereocenters. The number of hydrogen-bond acceptors (Lipinski definition) is 5. The third-order valence-electron chi connectivity index (χ3n) is 2.83. The van der Waals surface area contributed by atoms with Gasteiger partial charge >= 0.3 is 5.69 Å². The maximum Gasteiger partial charge on any atom is 0.311 e. The fourth-order valence-corrected chi connectivity index (χ4v) is 1.94. The molecule has 0 saturated carbocycles. The molecule has 0 aliphatic rings. The van der Waals surface area contributed by atoms with Crippen LogP contribution in [-0.4, -0.2) is 36.3 Å². The second-order valence-corrected chi connectivity index (χ2v) is 4.47. The number of anilines is 1. The third-order valence-corrected chi connectivity index (χ3v) is 2.83. The molecule has 1 rings (SSSR count). The van der Waals surface area contributed by atoms with E-state index in [2.05, 4.69) is 0 Å². The Balaban J connectivity index is 3.05. The van der Waals surface area contributed by atoms with Gasteiger partial charge in [-0.25, -0.2) is 0 Å². The number of benzene rings is 1. The van der Waals surface area contributed by atoms with Gasteiger partial charge in [-0.1, -0.05) is 13.8 Å². The van der Waals surface area contributed by atoms with Gasteiger partial charge in [0.15, 0.2) is 5.75 Å². The molecule has 0 saturated heterocycles. The molecule has 0 aliphatic heterocycles. The second kappa shape index (κ2) is 8.37. The minimum absolute atomic E-state index is 0.0253. The minimum Gasteiger partial charge on any atom is -0.487 e. The standard InChI is InChI=1S/C14H22N2O4/c1-3-7-15(8-9-17)12-5-6-13(16(18)19)14(11-12)20-10-4-2/h5-6,11,17H,3-4,7-10H2,1-2H3. The van der Waals surface area contributed by atoms with E-state index in [1.165, 1.54) is 6.07 Å². The Morgan fingerprint density at radius 1 is 1.30 bits per heavy atom. The zero-order valence-corrected chi connectivity index (χ0v) is 12.0. The molecule has 1 aromatic rings. The molecule has 0 bridgehead atoms. The van der Waals surface area contributed by atoms with Gasteiger partial charge in [-0.2, -0.15) is 0 Å². The molecule has 112 valence electrons. The van der Waals surface area contributed by atoms with Crippen molar-refractivity contribution in [2.24, 2.45) is 0 Å². The zero-order valence-electron chi connectivity index (χ0n) is 12.0. The molecule has 0 heterocycles. The van der Waals surface area contributed by atoms with Crippen molar-refractivity contribution in [2.75, 3.05) is 31.2 Å². The van der Waals surface area contributed by atoms with Crippen LogP contribution in [0.3, 0.4) is 0 Å². The number of hydrogen-bond donors (Lipinski definition) is 1. The zero-order chi connectivity index (χ0) is 15.0. The van der Waals surface area contributed by atoms with Gasteiger partial charge in [0, 0.05) is 30.9 Å². The summed E-state index contributed by atoms with van der Waals surface area (Å²) < 4.78 is 5.46. The largest absolute Gasteiger partial charge is 0.487 e. The normalized spacial score (nSPS) is 10.3. The van der Waals surface area contributed by atoms with Crippen LogP contribution in [-0.2, 0) is 0 Å². The average molecular weight is 282 g/mol. The molecule has 1 aromatic carbocycles. The van der Waals surface area contributed by atoms with E-state index in [0.717, 1.165) is 25.1 Å². The van der Waals surface area contributed by atoms with Crippen molar-refractivity contribution in [2.45, 2.75) is 26.7 Å². The number of aliphatic hydroxyl groups is 1. The molecule has 0 fully saturated rings. The molecule has 0 aliphatic carbocycles. The summed E-state index contributed by atoms with van der Waals surface area (Å²) >= 11 is 0. The topological polar surface area (TPSA) is 75.8 Å². The Kier molecular flexibility index (Phi) is 6.79. The average Bonchev–Trinajstić information content (AvgIpc) is 2.44. The highest BCUT2D eigenvalue weighted by Crippen LogP contribution is 2.31. The maximum absolute atomic E-state index is 11.0. The molecule has 0 spiro atoms. The molecular weight excluding hydrogens is 260 g/mol. The van der Waals surface area contributed by atoms with Crippen LogP contribution in [0.25, 0.3) is 0 Å². The van der Waals surface area contributed by atoms with Crippen molar-refractivity contribution >= 4 is 11.4 Å². The monoisotopic (exact) mass is 282 g/mol. The molecule has 0 aromatic heterocycles. The number of nitro groups is 1. The Bertz CT molecular complexity index is 431. The highest BCUT2D eigenvalue weighted by molar-refractivity contribution is 5.59. The molecule has 0 atom stereocenters. The van der Waals surface area contributed by atoms with Crippen LogP contribution >= 0.6 is 0 Å². The summed E-state index contributed by atoms with van der Waals surface area (Å²) in [6.45, 7) is 5.76. The van der Waals surface area contributed by atoms with E-state index in [9.17, 15) is 10.1 Å². The lowest BCUT2D eigenvalue weighted by Gasteiger charge is -2.23. The van der Waals surface area contributed by atoms with Crippen LogP contribution in [0.15, 0.2) is 18.2 Å². The first-order valence-corrected chi connectivity index (χ1v) is 6.91. The molecule has 6 heteroatoms. The van der Waals surface area contributed by atoms with Crippen LogP contribution in [0.2, 0.25) is 0 Å². The van der Waals surface area contributed by atoms with Gasteiger partial charge in [0.1, 0.15) is 0 Å². The number of ether oxygens (including phenoxy) is 1. The van der Waals surface area contributed by atoms with Gasteiger partial charge in [-0.3, -0.25) is 10.1 Å². The van der Waals surface area contributed by atoms with Crippen molar-refractivity contribution in [3.8, 4) is 5.75 Å². The smallest absolute Gasteiger partial charge is 0.311 e. The van der Waals surface area contributed by atoms with E-state index in [1.807, 2.05) is 18.7 Å². The number of aliphatic hydroxyl groups excluding tert-OH is 1. The Labute approximate surface area is 119 Å². The lowest BCUT2D eigenvalue weighted by atomic mass is 10.2. The third kappa shape index (κ3) is 4.38. The molecule has 20 heavy (non-hydrogen) atoms. The summed E-state index contributed by atoms with van der Waals surface area (Å²) in [5.74, 6) is 0.286. The molecule has 1 N–H and O–H groups in total. The summed E-state index contributed by atoms with van der Waals surface area (Å²) in [5, 5.41) is 20.1. The van der Waals surface area contributed by atoms with E-state index in [4.69, 9.17) is 9.84 Å². The first kappa shape index (κ1) is 16.2. The Morgan fingerprint density at radius 2 is 2.05 bits per heavy atom. The van der Waals surface area contributed by atoms with Gasteiger partial charge in [0.25, 0.3) is 0 Å². The summed E-state index contributed by atoms with van der Waals surface area (Å²) in [7, 11) is 0. The Morgan fingerprint density at radius 3 is 2.60 bits per heavy atom. The van der Waals surface area contributed by atoms with Crippen molar-refractivity contribution in [3.63, 3.8) is 0 Å². The predicted octanol–water partition coefficient (Wildman–Crippen LogP) is 2.59. The fraction of sp³-hybridized carbons (Fsp3) is 0.571. The molecule has 0 radical (unpaired) electrons. The summed E-state index contributed by atoms with van der Waals surface area (Å²) in [6.07, 6.45) is 1.72. The summed E-state index contributed by atoms with van der Waals surface area (Å²) in [4.78, 5) is 12.5. The molecule has 0 amide bonds. The Hall–Kier alpha value is -1.82. The summed E-state index contributed by atoms with van der Waals surface area (Å²) in [5.41, 5.74) is 0.806. The van der Waals surface area contributed by atoms with Gasteiger partial charge in [-0.05, 0) is 18.9 Å². The van der Waals surface area contributed by atoms with E-state index in [-0.39, 0.29) is 18.0 Å². The molecular formula is C14H22N2O4. The highest BCUT2D eigenvalue weighted by Gasteiger charge is 2.17. The van der Waals surface area contributed by atoms with Gasteiger partial charge in [-0.15, -0.1) is 0 Å².